The Morgan fingerprint density at radius 2 is 1.67 bits per heavy atom. The maximum absolute atomic E-state index is 13.4. The van der Waals surface area contributed by atoms with Crippen molar-refractivity contribution < 1.29 is 13.2 Å². The molecular formula is C24H28N2O3S. The number of sulfonamides is 1. The molecule has 2 heterocycles. The van der Waals surface area contributed by atoms with E-state index in [1.165, 1.54) is 17.5 Å². The molecule has 0 radical (unpaired) electrons. The van der Waals surface area contributed by atoms with Crippen molar-refractivity contribution in [3.05, 3.63) is 59.2 Å². The number of rotatable bonds is 3. The fourth-order valence-electron chi connectivity index (χ4n) is 5.52. The largest absolute Gasteiger partial charge is 0.312 e. The van der Waals surface area contributed by atoms with Crippen molar-refractivity contribution in [2.45, 2.75) is 55.8 Å². The number of anilines is 1. The zero-order chi connectivity index (χ0) is 20.9. The number of benzene rings is 2. The maximum atomic E-state index is 13.4. The smallest absolute Gasteiger partial charge is 0.243 e. The van der Waals surface area contributed by atoms with Gasteiger partial charge < -0.3 is 4.90 Å². The molecule has 158 valence electrons. The highest BCUT2D eigenvalue weighted by molar-refractivity contribution is 7.89. The number of nitrogens with zero attached hydrogens (tertiary/aromatic N) is 2. The minimum atomic E-state index is -3.55. The number of amides is 1. The number of carbonyl (C=O) groups is 1. The van der Waals surface area contributed by atoms with Crippen LogP contribution in [0.25, 0.3) is 0 Å². The average Bonchev–Trinajstić information content (AvgIpc) is 3.01. The van der Waals surface area contributed by atoms with Gasteiger partial charge in [0, 0.05) is 25.3 Å². The summed E-state index contributed by atoms with van der Waals surface area (Å²) in [5.41, 5.74) is 3.91. The normalized spacial score (nSPS) is 21.0. The van der Waals surface area contributed by atoms with Crippen molar-refractivity contribution in [1.29, 1.82) is 0 Å². The molecule has 1 spiro atoms. The van der Waals surface area contributed by atoms with E-state index in [9.17, 15) is 13.2 Å². The van der Waals surface area contributed by atoms with E-state index in [1.807, 2.05) is 48.2 Å². The number of carbonyl (C=O) groups excluding carboxylic acids is 1. The molecule has 1 amide bonds. The summed E-state index contributed by atoms with van der Waals surface area (Å²) in [6, 6.07) is 13.6. The molecule has 2 aromatic rings. The fraction of sp³-hybridized carbons (Fsp3) is 0.458. The maximum Gasteiger partial charge on any atom is 0.243 e. The van der Waals surface area contributed by atoms with Crippen LogP contribution in [0.1, 0.15) is 49.3 Å². The summed E-state index contributed by atoms with van der Waals surface area (Å²) in [5.74, 6) is 0.122. The highest BCUT2D eigenvalue weighted by atomic mass is 32.2. The first-order chi connectivity index (χ1) is 14.5. The molecule has 0 unspecified atom stereocenters. The molecule has 5 rings (SSSR count). The third-order valence-corrected chi connectivity index (χ3v) is 9.11. The van der Waals surface area contributed by atoms with Crippen LogP contribution in [0.3, 0.4) is 0 Å². The van der Waals surface area contributed by atoms with Gasteiger partial charge in [-0.05, 0) is 80.3 Å². The Kier molecular flexibility index (Phi) is 4.75. The van der Waals surface area contributed by atoms with Gasteiger partial charge in [0.05, 0.1) is 10.3 Å². The summed E-state index contributed by atoms with van der Waals surface area (Å²) in [6.45, 7) is 3.37. The fourth-order valence-corrected chi connectivity index (χ4v) is 7.01. The minimum absolute atomic E-state index is 0.122. The number of hydrogen-bond donors (Lipinski definition) is 0. The average molecular weight is 425 g/mol. The number of likely N-dealkylation sites (N-methyl/N-ethyl adjacent to an activating group) is 1. The lowest BCUT2D eigenvalue weighted by molar-refractivity contribution is -0.124. The van der Waals surface area contributed by atoms with E-state index < -0.39 is 15.4 Å². The van der Waals surface area contributed by atoms with Crippen LogP contribution in [0.15, 0.2) is 47.4 Å². The first-order valence-corrected chi connectivity index (χ1v) is 12.4. The molecule has 0 bridgehead atoms. The Balaban J connectivity index is 1.42. The minimum Gasteiger partial charge on any atom is -0.312 e. The first kappa shape index (κ1) is 19.8. The number of para-hydroxylation sites is 1. The van der Waals surface area contributed by atoms with Gasteiger partial charge in [-0.1, -0.05) is 24.3 Å². The quantitative estimate of drug-likeness (QED) is 0.756. The Labute approximate surface area is 178 Å². The topological polar surface area (TPSA) is 57.7 Å². The van der Waals surface area contributed by atoms with E-state index in [4.69, 9.17) is 0 Å². The second-order valence-corrected chi connectivity index (χ2v) is 10.6. The lowest BCUT2D eigenvalue weighted by Crippen LogP contribution is -2.50. The lowest BCUT2D eigenvalue weighted by atomic mass is 9.74. The van der Waals surface area contributed by atoms with Crippen molar-refractivity contribution in [1.82, 2.24) is 4.31 Å². The van der Waals surface area contributed by atoms with Crippen molar-refractivity contribution in [3.63, 3.8) is 0 Å². The molecule has 1 fully saturated rings. The Hall–Kier alpha value is -2.18. The molecular weight excluding hydrogens is 396 g/mol. The second kappa shape index (κ2) is 7.20. The highest BCUT2D eigenvalue weighted by Gasteiger charge is 2.52. The Morgan fingerprint density at radius 1 is 0.967 bits per heavy atom. The van der Waals surface area contributed by atoms with Crippen molar-refractivity contribution >= 4 is 21.6 Å². The summed E-state index contributed by atoms with van der Waals surface area (Å²) in [5, 5.41) is 0. The predicted octanol–water partition coefficient (Wildman–Crippen LogP) is 3.65. The highest BCUT2D eigenvalue weighted by Crippen LogP contribution is 2.48. The van der Waals surface area contributed by atoms with Crippen molar-refractivity contribution in [2.75, 3.05) is 24.5 Å². The number of hydrogen-bond acceptors (Lipinski definition) is 3. The summed E-state index contributed by atoms with van der Waals surface area (Å²) in [6.07, 6.45) is 5.36. The van der Waals surface area contributed by atoms with E-state index in [1.54, 1.807) is 10.4 Å². The third kappa shape index (κ3) is 2.84. The van der Waals surface area contributed by atoms with Gasteiger partial charge in [-0.15, -0.1) is 0 Å². The van der Waals surface area contributed by atoms with Gasteiger partial charge in [-0.25, -0.2) is 8.42 Å². The van der Waals surface area contributed by atoms with E-state index in [0.29, 0.717) is 37.4 Å². The standard InChI is InChI=1S/C24H28N2O3S/c1-2-26-22-10-6-5-9-21(22)24(23(26)27)13-15-25(16-14-24)30(28,29)20-12-11-18-7-3-4-8-19(18)17-20/h5-6,9-12,17H,2-4,7-8,13-16H2,1H3. The molecule has 0 N–H and O–H groups in total. The molecule has 1 saturated heterocycles. The molecule has 2 aromatic carbocycles. The van der Waals surface area contributed by atoms with Crippen molar-refractivity contribution in [2.24, 2.45) is 0 Å². The van der Waals surface area contributed by atoms with Gasteiger partial charge in [0.25, 0.3) is 0 Å². The van der Waals surface area contributed by atoms with E-state index in [-0.39, 0.29) is 5.91 Å². The van der Waals surface area contributed by atoms with Gasteiger partial charge >= 0.3 is 0 Å². The van der Waals surface area contributed by atoms with Crippen LogP contribution in [0, 0.1) is 0 Å². The molecule has 2 aliphatic heterocycles. The molecule has 5 nitrogen and oxygen atoms in total. The second-order valence-electron chi connectivity index (χ2n) is 8.69. The van der Waals surface area contributed by atoms with E-state index in [2.05, 4.69) is 0 Å². The van der Waals surface area contributed by atoms with Crippen LogP contribution in [0.5, 0.6) is 0 Å². The molecule has 30 heavy (non-hydrogen) atoms. The molecule has 0 aromatic heterocycles. The monoisotopic (exact) mass is 424 g/mol. The van der Waals surface area contributed by atoms with Crippen LogP contribution < -0.4 is 4.90 Å². The number of fused-ring (bicyclic) bond motifs is 3. The molecule has 6 heteroatoms. The van der Waals surface area contributed by atoms with Crippen molar-refractivity contribution in [3.8, 4) is 0 Å². The summed E-state index contributed by atoms with van der Waals surface area (Å²) >= 11 is 0. The number of aryl methyl sites for hydroxylation is 2. The molecule has 3 aliphatic rings. The van der Waals surface area contributed by atoms with Crippen LogP contribution in [0.4, 0.5) is 5.69 Å². The van der Waals surface area contributed by atoms with Gasteiger partial charge in [0.2, 0.25) is 15.9 Å². The van der Waals surface area contributed by atoms with E-state index in [0.717, 1.165) is 30.5 Å². The zero-order valence-corrected chi connectivity index (χ0v) is 18.2. The van der Waals surface area contributed by atoms with Crippen LogP contribution in [-0.4, -0.2) is 38.3 Å². The van der Waals surface area contributed by atoms with Crippen LogP contribution in [-0.2, 0) is 33.1 Å². The Morgan fingerprint density at radius 3 is 2.40 bits per heavy atom. The van der Waals surface area contributed by atoms with Crippen LogP contribution in [0.2, 0.25) is 0 Å². The van der Waals surface area contributed by atoms with Gasteiger partial charge in [0.15, 0.2) is 0 Å². The Bertz CT molecular complexity index is 1100. The summed E-state index contributed by atoms with van der Waals surface area (Å²) in [7, 11) is -3.55. The van der Waals surface area contributed by atoms with Gasteiger partial charge in [0.1, 0.15) is 0 Å². The SMILES string of the molecule is CCN1C(=O)C2(CCN(S(=O)(=O)c3ccc4c(c3)CCCC4)CC2)c2ccccc21. The first-order valence-electron chi connectivity index (χ1n) is 11.0. The van der Waals surface area contributed by atoms with Gasteiger partial charge in [-0.3, -0.25) is 4.79 Å². The molecule has 0 atom stereocenters. The zero-order valence-electron chi connectivity index (χ0n) is 17.4. The predicted molar refractivity (Wildman–Crippen MR) is 117 cm³/mol. The number of piperidine rings is 1. The van der Waals surface area contributed by atoms with Crippen LogP contribution >= 0.6 is 0 Å². The lowest BCUT2D eigenvalue weighted by Gasteiger charge is -2.38. The van der Waals surface area contributed by atoms with Gasteiger partial charge in [-0.2, -0.15) is 4.31 Å². The third-order valence-electron chi connectivity index (χ3n) is 7.21. The van der Waals surface area contributed by atoms with E-state index >= 15 is 0 Å². The molecule has 0 saturated carbocycles. The summed E-state index contributed by atoms with van der Waals surface area (Å²) in [4.78, 5) is 15.6. The molecule has 1 aliphatic carbocycles. The summed E-state index contributed by atoms with van der Waals surface area (Å²) < 4.78 is 28.3.